The van der Waals surface area contributed by atoms with E-state index in [1.807, 2.05) is 6.92 Å². The van der Waals surface area contributed by atoms with E-state index in [9.17, 15) is 9.18 Å². The summed E-state index contributed by atoms with van der Waals surface area (Å²) in [6, 6.07) is 6.39. The van der Waals surface area contributed by atoms with Crippen LogP contribution in [-0.4, -0.2) is 32.6 Å². The molecule has 1 aliphatic carbocycles. The number of thioether (sulfide) groups is 1. The molecule has 0 spiro atoms. The molecular formula is C16H20FN5OS. The van der Waals surface area contributed by atoms with Crippen molar-refractivity contribution in [2.75, 3.05) is 11.6 Å². The number of hydrogen-bond donors (Lipinski definition) is 2. The van der Waals surface area contributed by atoms with Crippen molar-refractivity contribution in [3.05, 3.63) is 41.5 Å². The Hall–Kier alpha value is -2.09. The number of carbonyl (C=O) groups is 1. The molecule has 1 aromatic carbocycles. The Morgan fingerprint density at radius 1 is 1.42 bits per heavy atom. The molecule has 3 rings (SSSR count). The minimum absolute atomic E-state index is 0.0255. The number of aromatic nitrogens is 3. The normalized spacial score (nSPS) is 15.2. The predicted octanol–water partition coefficient (Wildman–Crippen LogP) is 1.73. The van der Waals surface area contributed by atoms with Crippen molar-refractivity contribution in [1.82, 2.24) is 20.2 Å². The third-order valence-corrected chi connectivity index (χ3v) is 5.00. The van der Waals surface area contributed by atoms with Gasteiger partial charge < -0.3 is 11.2 Å². The fourth-order valence-corrected chi connectivity index (χ4v) is 3.14. The van der Waals surface area contributed by atoms with E-state index in [-0.39, 0.29) is 23.5 Å². The van der Waals surface area contributed by atoms with E-state index in [0.29, 0.717) is 23.3 Å². The number of rotatable bonds is 7. The first kappa shape index (κ1) is 16.8. The van der Waals surface area contributed by atoms with Crippen molar-refractivity contribution < 1.29 is 9.18 Å². The highest BCUT2D eigenvalue weighted by Gasteiger charge is 2.28. The molecule has 6 nitrogen and oxygen atoms in total. The third kappa shape index (κ3) is 4.25. The van der Waals surface area contributed by atoms with Gasteiger partial charge >= 0.3 is 0 Å². The molecular weight excluding hydrogens is 329 g/mol. The van der Waals surface area contributed by atoms with Crippen molar-refractivity contribution in [3.63, 3.8) is 0 Å². The van der Waals surface area contributed by atoms with Crippen molar-refractivity contribution in [3.8, 4) is 0 Å². The molecule has 1 amide bonds. The molecule has 1 saturated carbocycles. The molecule has 1 aliphatic rings. The lowest BCUT2D eigenvalue weighted by atomic mass is 10.1. The third-order valence-electron chi connectivity index (χ3n) is 4.06. The first-order valence-electron chi connectivity index (χ1n) is 7.89. The van der Waals surface area contributed by atoms with Gasteiger partial charge in [0.2, 0.25) is 11.1 Å². The highest BCUT2D eigenvalue weighted by Crippen LogP contribution is 2.32. The quantitative estimate of drug-likeness (QED) is 0.587. The SMILES string of the molecule is C[C@H](NC(=O)CSc1nnc(Cc2ccc(F)cc2)n1N)C1CC1. The van der Waals surface area contributed by atoms with Gasteiger partial charge in [0.15, 0.2) is 5.82 Å². The fourth-order valence-electron chi connectivity index (χ4n) is 2.45. The molecule has 2 aromatic rings. The fraction of sp³-hybridized carbons (Fsp3) is 0.438. The summed E-state index contributed by atoms with van der Waals surface area (Å²) in [4.78, 5) is 11.9. The smallest absolute Gasteiger partial charge is 0.230 e. The van der Waals surface area contributed by atoms with Gasteiger partial charge in [0.05, 0.1) is 5.75 Å². The van der Waals surface area contributed by atoms with Crippen LogP contribution < -0.4 is 11.2 Å². The monoisotopic (exact) mass is 349 g/mol. The molecule has 1 heterocycles. The molecule has 1 aromatic heterocycles. The van der Waals surface area contributed by atoms with Crippen LogP contribution in [0.4, 0.5) is 4.39 Å². The number of nitrogen functional groups attached to an aromatic ring is 1. The van der Waals surface area contributed by atoms with Crippen LogP contribution in [0.15, 0.2) is 29.4 Å². The van der Waals surface area contributed by atoms with Crippen molar-refractivity contribution in [2.24, 2.45) is 5.92 Å². The van der Waals surface area contributed by atoms with Gasteiger partial charge in [-0.05, 0) is 43.4 Å². The van der Waals surface area contributed by atoms with Gasteiger partial charge in [0, 0.05) is 12.5 Å². The Bertz CT molecular complexity index is 714. The summed E-state index contributed by atoms with van der Waals surface area (Å²) in [5.74, 6) is 7.13. The number of hydrogen-bond acceptors (Lipinski definition) is 5. The summed E-state index contributed by atoms with van der Waals surface area (Å²) in [5, 5.41) is 11.6. The average Bonchev–Trinajstić information content (AvgIpc) is 3.35. The van der Waals surface area contributed by atoms with Crippen LogP contribution in [-0.2, 0) is 11.2 Å². The van der Waals surface area contributed by atoms with E-state index >= 15 is 0 Å². The van der Waals surface area contributed by atoms with Crippen LogP contribution in [0.2, 0.25) is 0 Å². The Labute approximate surface area is 144 Å². The predicted molar refractivity (Wildman–Crippen MR) is 90.4 cm³/mol. The molecule has 3 N–H and O–H groups in total. The average molecular weight is 349 g/mol. The molecule has 0 saturated heterocycles. The minimum atomic E-state index is -0.282. The summed E-state index contributed by atoms with van der Waals surface area (Å²) < 4.78 is 14.3. The second kappa shape index (κ2) is 7.21. The van der Waals surface area contributed by atoms with Gasteiger partial charge in [-0.25, -0.2) is 9.07 Å². The van der Waals surface area contributed by atoms with E-state index in [4.69, 9.17) is 5.84 Å². The van der Waals surface area contributed by atoms with Crippen molar-refractivity contribution in [1.29, 1.82) is 0 Å². The Morgan fingerprint density at radius 2 is 2.12 bits per heavy atom. The second-order valence-electron chi connectivity index (χ2n) is 6.05. The van der Waals surface area contributed by atoms with Crippen molar-refractivity contribution in [2.45, 2.75) is 37.4 Å². The lowest BCUT2D eigenvalue weighted by Gasteiger charge is -2.12. The van der Waals surface area contributed by atoms with Crippen LogP contribution in [0, 0.1) is 11.7 Å². The van der Waals surface area contributed by atoms with Crippen LogP contribution >= 0.6 is 11.8 Å². The van der Waals surface area contributed by atoms with Crippen LogP contribution in [0.3, 0.4) is 0 Å². The number of nitrogens with two attached hydrogens (primary N) is 1. The van der Waals surface area contributed by atoms with Gasteiger partial charge in [0.1, 0.15) is 5.82 Å². The number of carbonyl (C=O) groups excluding carboxylic acids is 1. The molecule has 1 fully saturated rings. The molecule has 0 radical (unpaired) electrons. The highest BCUT2D eigenvalue weighted by molar-refractivity contribution is 7.99. The van der Waals surface area contributed by atoms with Crippen molar-refractivity contribution >= 4 is 17.7 Å². The van der Waals surface area contributed by atoms with Gasteiger partial charge in [0.25, 0.3) is 0 Å². The molecule has 24 heavy (non-hydrogen) atoms. The van der Waals surface area contributed by atoms with E-state index < -0.39 is 0 Å². The van der Waals surface area contributed by atoms with Crippen LogP contribution in [0.25, 0.3) is 0 Å². The highest BCUT2D eigenvalue weighted by atomic mass is 32.2. The van der Waals surface area contributed by atoms with Gasteiger partial charge in [-0.2, -0.15) is 0 Å². The van der Waals surface area contributed by atoms with E-state index in [2.05, 4.69) is 15.5 Å². The van der Waals surface area contributed by atoms with Crippen LogP contribution in [0.1, 0.15) is 31.2 Å². The minimum Gasteiger partial charge on any atom is -0.353 e. The summed E-state index contributed by atoms with van der Waals surface area (Å²) in [5.41, 5.74) is 0.892. The zero-order chi connectivity index (χ0) is 17.1. The Kier molecular flexibility index (Phi) is 5.03. The summed E-state index contributed by atoms with van der Waals surface area (Å²) in [6.07, 6.45) is 2.84. The molecule has 8 heteroatoms. The first-order valence-corrected chi connectivity index (χ1v) is 8.87. The first-order chi connectivity index (χ1) is 11.5. The van der Waals surface area contributed by atoms with Gasteiger partial charge in [-0.15, -0.1) is 10.2 Å². The number of benzene rings is 1. The molecule has 1 atom stereocenters. The lowest BCUT2D eigenvalue weighted by molar-refractivity contribution is -0.119. The number of halogens is 1. The van der Waals surface area contributed by atoms with Gasteiger partial charge in [-0.1, -0.05) is 23.9 Å². The zero-order valence-corrected chi connectivity index (χ0v) is 14.2. The second-order valence-corrected chi connectivity index (χ2v) is 7.00. The maximum absolute atomic E-state index is 12.9. The topological polar surface area (TPSA) is 85.8 Å². The maximum Gasteiger partial charge on any atom is 0.230 e. The number of amides is 1. The summed E-state index contributed by atoms with van der Waals surface area (Å²) in [6.45, 7) is 2.03. The Morgan fingerprint density at radius 3 is 2.79 bits per heavy atom. The molecule has 0 aliphatic heterocycles. The van der Waals surface area contributed by atoms with Crippen LogP contribution in [0.5, 0.6) is 0 Å². The largest absolute Gasteiger partial charge is 0.353 e. The summed E-state index contributed by atoms with van der Waals surface area (Å²) >= 11 is 1.26. The lowest BCUT2D eigenvalue weighted by Crippen LogP contribution is -2.35. The van der Waals surface area contributed by atoms with E-state index in [1.165, 1.54) is 41.4 Å². The van der Waals surface area contributed by atoms with E-state index in [1.54, 1.807) is 12.1 Å². The van der Waals surface area contributed by atoms with Gasteiger partial charge in [-0.3, -0.25) is 4.79 Å². The van der Waals surface area contributed by atoms with E-state index in [0.717, 1.165) is 5.56 Å². The number of nitrogens with one attached hydrogen (secondary N) is 1. The standard InChI is InChI=1S/C16H20FN5OS/c1-10(12-4-5-12)19-15(23)9-24-16-21-20-14(22(16)18)8-11-2-6-13(17)7-3-11/h2-3,6-7,10,12H,4-5,8-9,18H2,1H3,(H,19,23)/t10-/m0/s1. The Balaban J connectivity index is 1.54. The molecule has 0 unspecified atom stereocenters. The number of nitrogens with zero attached hydrogens (tertiary/aromatic N) is 3. The zero-order valence-electron chi connectivity index (χ0n) is 13.4. The summed E-state index contributed by atoms with van der Waals surface area (Å²) in [7, 11) is 0. The molecule has 128 valence electrons. The molecule has 0 bridgehead atoms. The maximum atomic E-state index is 12.9.